The molecule has 0 spiro atoms. The molecule has 1 rings (SSSR count). The fourth-order valence-corrected chi connectivity index (χ4v) is 2.88. The van der Waals surface area contributed by atoms with Gasteiger partial charge in [-0.1, -0.05) is 64.4 Å². The van der Waals surface area contributed by atoms with Gasteiger partial charge in [-0.05, 0) is 31.9 Å². The van der Waals surface area contributed by atoms with Crippen molar-refractivity contribution in [3.63, 3.8) is 0 Å². The van der Waals surface area contributed by atoms with E-state index in [2.05, 4.69) is 36.4 Å². The number of hydrazine groups is 1. The van der Waals surface area contributed by atoms with Crippen LogP contribution >= 0.6 is 0 Å². The van der Waals surface area contributed by atoms with Crippen LogP contribution in [0.25, 0.3) is 0 Å². The van der Waals surface area contributed by atoms with Crippen LogP contribution < -0.4 is 11.3 Å². The number of nitrogens with zero attached hydrogens (tertiary/aromatic N) is 1. The van der Waals surface area contributed by atoms with Gasteiger partial charge in [0.1, 0.15) is 0 Å². The highest BCUT2D eigenvalue weighted by atomic mass is 15.2. The molecule has 0 aromatic carbocycles. The first-order chi connectivity index (χ1) is 10.2. The summed E-state index contributed by atoms with van der Waals surface area (Å²) in [6.07, 6.45) is 11.9. The maximum Gasteiger partial charge on any atom is 0.0477 e. The standard InChI is InChI=1S/C18H33N3/c1-4-5-6-7-8-9-10-11-12-18(21-19)17-14-13-15(2)20-16(17)3/h13-14,18,21H,4-12,19H2,1-3H3. The van der Waals surface area contributed by atoms with Crippen LogP contribution in [-0.2, 0) is 0 Å². The third-order valence-corrected chi connectivity index (χ3v) is 4.19. The predicted octanol–water partition coefficient (Wildman–Crippen LogP) is 4.73. The summed E-state index contributed by atoms with van der Waals surface area (Å²) in [5.41, 5.74) is 6.36. The van der Waals surface area contributed by atoms with Gasteiger partial charge in [-0.15, -0.1) is 0 Å². The SMILES string of the molecule is CCCCCCCCCCC(NN)c1ccc(C)nc1C. The Morgan fingerprint density at radius 3 is 2.19 bits per heavy atom. The molecule has 21 heavy (non-hydrogen) atoms. The van der Waals surface area contributed by atoms with Gasteiger partial charge in [0.15, 0.2) is 0 Å². The minimum atomic E-state index is 0.234. The largest absolute Gasteiger partial charge is 0.271 e. The van der Waals surface area contributed by atoms with Gasteiger partial charge >= 0.3 is 0 Å². The second-order valence-electron chi connectivity index (χ2n) is 6.11. The van der Waals surface area contributed by atoms with Crippen molar-refractivity contribution in [3.8, 4) is 0 Å². The highest BCUT2D eigenvalue weighted by Gasteiger charge is 2.12. The lowest BCUT2D eigenvalue weighted by Crippen LogP contribution is -2.28. The first kappa shape index (κ1) is 18.1. The molecule has 0 radical (unpaired) electrons. The van der Waals surface area contributed by atoms with E-state index >= 15 is 0 Å². The van der Waals surface area contributed by atoms with Gasteiger partial charge in [0.25, 0.3) is 0 Å². The Morgan fingerprint density at radius 1 is 1.00 bits per heavy atom. The van der Waals surface area contributed by atoms with E-state index in [1.54, 1.807) is 0 Å². The van der Waals surface area contributed by atoms with Gasteiger partial charge in [-0.2, -0.15) is 0 Å². The van der Waals surface area contributed by atoms with Gasteiger partial charge < -0.3 is 0 Å². The molecule has 1 unspecified atom stereocenters. The number of unbranched alkanes of at least 4 members (excludes halogenated alkanes) is 7. The number of nitrogens with two attached hydrogens (primary N) is 1. The van der Waals surface area contributed by atoms with E-state index in [1.807, 2.05) is 6.92 Å². The van der Waals surface area contributed by atoms with E-state index in [-0.39, 0.29) is 6.04 Å². The lowest BCUT2D eigenvalue weighted by atomic mass is 9.98. The Balaban J connectivity index is 2.25. The normalized spacial score (nSPS) is 12.6. The molecule has 0 fully saturated rings. The van der Waals surface area contributed by atoms with Crippen LogP contribution in [0.1, 0.15) is 87.7 Å². The maximum absolute atomic E-state index is 5.73. The quantitative estimate of drug-likeness (QED) is 0.352. The minimum absolute atomic E-state index is 0.234. The van der Waals surface area contributed by atoms with Crippen molar-refractivity contribution in [2.75, 3.05) is 0 Å². The van der Waals surface area contributed by atoms with Crippen LogP contribution in [0.4, 0.5) is 0 Å². The van der Waals surface area contributed by atoms with Gasteiger partial charge in [0.05, 0.1) is 0 Å². The van der Waals surface area contributed by atoms with Crippen molar-refractivity contribution in [1.29, 1.82) is 0 Å². The van der Waals surface area contributed by atoms with E-state index in [1.165, 1.54) is 56.9 Å². The average Bonchev–Trinajstić information content (AvgIpc) is 2.47. The second kappa shape index (κ2) is 10.7. The zero-order chi connectivity index (χ0) is 15.5. The third-order valence-electron chi connectivity index (χ3n) is 4.19. The van der Waals surface area contributed by atoms with Crippen LogP contribution in [0, 0.1) is 13.8 Å². The predicted molar refractivity (Wildman–Crippen MR) is 91.0 cm³/mol. The zero-order valence-electron chi connectivity index (χ0n) is 14.1. The molecule has 0 saturated carbocycles. The Morgan fingerprint density at radius 2 is 1.62 bits per heavy atom. The monoisotopic (exact) mass is 291 g/mol. The highest BCUT2D eigenvalue weighted by Crippen LogP contribution is 2.22. The van der Waals surface area contributed by atoms with Crippen molar-refractivity contribution in [3.05, 3.63) is 29.1 Å². The van der Waals surface area contributed by atoms with Crippen LogP contribution in [0.5, 0.6) is 0 Å². The molecule has 1 aromatic heterocycles. The van der Waals surface area contributed by atoms with Gasteiger partial charge in [0, 0.05) is 17.4 Å². The van der Waals surface area contributed by atoms with E-state index in [4.69, 9.17) is 5.84 Å². The summed E-state index contributed by atoms with van der Waals surface area (Å²) in [4.78, 5) is 4.53. The fourth-order valence-electron chi connectivity index (χ4n) is 2.88. The van der Waals surface area contributed by atoms with E-state index in [0.717, 1.165) is 17.8 Å². The maximum atomic E-state index is 5.73. The topological polar surface area (TPSA) is 50.9 Å². The van der Waals surface area contributed by atoms with E-state index in [9.17, 15) is 0 Å². The molecule has 0 aliphatic rings. The summed E-state index contributed by atoms with van der Waals surface area (Å²) in [7, 11) is 0. The number of aromatic nitrogens is 1. The van der Waals surface area contributed by atoms with Crippen molar-refractivity contribution >= 4 is 0 Å². The van der Waals surface area contributed by atoms with Crippen molar-refractivity contribution in [2.45, 2.75) is 84.6 Å². The van der Waals surface area contributed by atoms with Crippen molar-refractivity contribution in [1.82, 2.24) is 10.4 Å². The third kappa shape index (κ3) is 7.05. The molecular weight excluding hydrogens is 258 g/mol. The van der Waals surface area contributed by atoms with Crippen molar-refractivity contribution < 1.29 is 0 Å². The number of nitrogens with one attached hydrogen (secondary N) is 1. The smallest absolute Gasteiger partial charge is 0.0477 e. The molecule has 3 N–H and O–H groups in total. The molecule has 1 atom stereocenters. The molecule has 3 heteroatoms. The summed E-state index contributed by atoms with van der Waals surface area (Å²) in [6.45, 7) is 6.36. The van der Waals surface area contributed by atoms with Gasteiger partial charge in [-0.3, -0.25) is 16.3 Å². The summed E-state index contributed by atoms with van der Waals surface area (Å²) in [5.74, 6) is 5.73. The Hall–Kier alpha value is -0.930. The molecule has 1 heterocycles. The fraction of sp³-hybridized carbons (Fsp3) is 0.722. The van der Waals surface area contributed by atoms with Crippen molar-refractivity contribution in [2.24, 2.45) is 5.84 Å². The number of hydrogen-bond donors (Lipinski definition) is 2. The van der Waals surface area contributed by atoms with Crippen LogP contribution in [0.2, 0.25) is 0 Å². The van der Waals surface area contributed by atoms with Crippen LogP contribution in [-0.4, -0.2) is 4.98 Å². The summed E-state index contributed by atoms with van der Waals surface area (Å²) < 4.78 is 0. The average molecular weight is 291 g/mol. The Kier molecular flexibility index (Phi) is 9.27. The summed E-state index contributed by atoms with van der Waals surface area (Å²) in [5, 5.41) is 0. The van der Waals surface area contributed by atoms with Crippen LogP contribution in [0.3, 0.4) is 0 Å². The van der Waals surface area contributed by atoms with E-state index in [0.29, 0.717) is 0 Å². The lowest BCUT2D eigenvalue weighted by Gasteiger charge is -2.18. The first-order valence-electron chi connectivity index (χ1n) is 8.59. The molecule has 0 bridgehead atoms. The number of rotatable bonds is 11. The number of pyridine rings is 1. The van der Waals surface area contributed by atoms with E-state index < -0.39 is 0 Å². The highest BCUT2D eigenvalue weighted by molar-refractivity contribution is 5.24. The summed E-state index contributed by atoms with van der Waals surface area (Å²) >= 11 is 0. The molecule has 0 amide bonds. The minimum Gasteiger partial charge on any atom is -0.271 e. The molecule has 0 saturated heterocycles. The van der Waals surface area contributed by atoms with Gasteiger partial charge in [0.2, 0.25) is 0 Å². The molecule has 0 aliphatic carbocycles. The molecular formula is C18H33N3. The second-order valence-corrected chi connectivity index (χ2v) is 6.11. The zero-order valence-corrected chi connectivity index (χ0v) is 14.1. The molecule has 1 aromatic rings. The number of aryl methyl sites for hydroxylation is 2. The molecule has 0 aliphatic heterocycles. The summed E-state index contributed by atoms with van der Waals surface area (Å²) in [6, 6.07) is 4.46. The number of hydrogen-bond acceptors (Lipinski definition) is 3. The lowest BCUT2D eigenvalue weighted by molar-refractivity contribution is 0.472. The first-order valence-corrected chi connectivity index (χ1v) is 8.59. The Bertz CT molecular complexity index is 390. The molecule has 120 valence electrons. The Labute approximate surface area is 130 Å². The van der Waals surface area contributed by atoms with Crippen LogP contribution in [0.15, 0.2) is 12.1 Å². The van der Waals surface area contributed by atoms with Gasteiger partial charge in [-0.25, -0.2) is 0 Å². The molecule has 3 nitrogen and oxygen atoms in total.